The number of halogens is 6. The summed E-state index contributed by atoms with van der Waals surface area (Å²) in [5.74, 6) is -0.711. The van der Waals surface area contributed by atoms with Gasteiger partial charge in [0.15, 0.2) is 5.16 Å². The zero-order valence-corrected chi connectivity index (χ0v) is 17.1. The maximum atomic E-state index is 13.3. The van der Waals surface area contributed by atoms with Crippen LogP contribution in [0.15, 0.2) is 65.8 Å². The Bertz CT molecular complexity index is 1100. The van der Waals surface area contributed by atoms with Crippen LogP contribution in [-0.4, -0.2) is 21.1 Å². The number of alkyl halides is 6. The quantitative estimate of drug-likeness (QED) is 0.270. The highest BCUT2D eigenvalue weighted by Gasteiger charge is 2.34. The van der Waals surface area contributed by atoms with Crippen LogP contribution >= 0.6 is 11.8 Å². The van der Waals surface area contributed by atoms with E-state index in [0.29, 0.717) is 17.3 Å². The predicted molar refractivity (Wildman–Crippen MR) is 108 cm³/mol. The fourth-order valence-electron chi connectivity index (χ4n) is 2.61. The van der Waals surface area contributed by atoms with Gasteiger partial charge in [0.05, 0.1) is 16.5 Å². The second kappa shape index (κ2) is 9.19. The Morgan fingerprint density at radius 1 is 0.906 bits per heavy atom. The smallest absolute Gasteiger partial charge is 0.325 e. The summed E-state index contributed by atoms with van der Waals surface area (Å²) in [4.78, 5) is 20.0. The Balaban J connectivity index is 1.82. The van der Waals surface area contributed by atoms with Crippen molar-refractivity contribution in [2.75, 3.05) is 5.32 Å². The molecule has 0 aliphatic heterocycles. The van der Waals surface area contributed by atoms with Crippen molar-refractivity contribution in [1.29, 1.82) is 0 Å². The van der Waals surface area contributed by atoms with Gasteiger partial charge in [-0.25, -0.2) is 9.97 Å². The van der Waals surface area contributed by atoms with Crippen molar-refractivity contribution in [3.8, 4) is 11.3 Å². The average Bonchev–Trinajstić information content (AvgIpc) is 2.73. The molecule has 0 spiro atoms. The van der Waals surface area contributed by atoms with Gasteiger partial charge in [0.25, 0.3) is 0 Å². The Labute approximate surface area is 183 Å². The highest BCUT2D eigenvalue weighted by Crippen LogP contribution is 2.33. The number of carbonyl (C=O) groups is 1. The molecule has 3 rings (SSSR count). The fourth-order valence-corrected chi connectivity index (χ4v) is 3.39. The van der Waals surface area contributed by atoms with Crippen molar-refractivity contribution >= 4 is 23.4 Å². The summed E-state index contributed by atoms with van der Waals surface area (Å²) < 4.78 is 78.4. The number of amides is 1. The third kappa shape index (κ3) is 6.00. The molecule has 1 heterocycles. The Kier molecular flexibility index (Phi) is 6.77. The molecule has 2 aromatic carbocycles. The van der Waals surface area contributed by atoms with Crippen molar-refractivity contribution in [2.45, 2.75) is 29.7 Å². The summed E-state index contributed by atoms with van der Waals surface area (Å²) in [7, 11) is 0. The molecule has 1 aromatic heterocycles. The molecule has 0 saturated carbocycles. The van der Waals surface area contributed by atoms with Gasteiger partial charge in [-0.15, -0.1) is 0 Å². The van der Waals surface area contributed by atoms with Gasteiger partial charge in [0.2, 0.25) is 5.91 Å². The first-order chi connectivity index (χ1) is 14.9. The number of hydrogen-bond acceptors (Lipinski definition) is 4. The van der Waals surface area contributed by atoms with E-state index in [4.69, 9.17) is 0 Å². The lowest BCUT2D eigenvalue weighted by Crippen LogP contribution is -2.23. The minimum atomic E-state index is -4.73. The molecule has 11 heteroatoms. The largest absolute Gasteiger partial charge is 0.433 e. The molecule has 0 fully saturated rings. The summed E-state index contributed by atoms with van der Waals surface area (Å²) >= 11 is 0.663. The topological polar surface area (TPSA) is 54.9 Å². The number of thioether (sulfide) groups is 1. The highest BCUT2D eigenvalue weighted by molar-refractivity contribution is 8.00. The van der Waals surface area contributed by atoms with Gasteiger partial charge in [0.1, 0.15) is 5.69 Å². The molecule has 1 atom stereocenters. The lowest BCUT2D eigenvalue weighted by molar-refractivity contribution is -0.141. The summed E-state index contributed by atoms with van der Waals surface area (Å²) in [6.45, 7) is 1.39. The molecular weight excluding hydrogens is 456 g/mol. The van der Waals surface area contributed by atoms with Crippen LogP contribution < -0.4 is 5.32 Å². The molecule has 0 unspecified atom stereocenters. The molecule has 1 N–H and O–H groups in total. The predicted octanol–water partition coefficient (Wildman–Crippen LogP) is 6.30. The van der Waals surface area contributed by atoms with Crippen LogP contribution in [0.5, 0.6) is 0 Å². The third-order valence-corrected chi connectivity index (χ3v) is 5.14. The van der Waals surface area contributed by atoms with E-state index in [-0.39, 0.29) is 16.5 Å². The van der Waals surface area contributed by atoms with E-state index in [1.807, 2.05) is 0 Å². The standard InChI is InChI=1S/C21H15F6N3OS/c1-12(18(31)28-15-9-5-8-14(10-15)20(22,23)24)32-19-29-16(13-6-3-2-4-7-13)11-17(30-19)21(25,26)27/h2-12H,1H3,(H,28,31)/t12-/m1/s1. The first kappa shape index (κ1) is 23.6. The van der Waals surface area contributed by atoms with E-state index in [2.05, 4.69) is 15.3 Å². The summed E-state index contributed by atoms with van der Waals surface area (Å²) in [6, 6.07) is 13.0. The van der Waals surface area contributed by atoms with Crippen LogP contribution in [-0.2, 0) is 17.1 Å². The van der Waals surface area contributed by atoms with E-state index >= 15 is 0 Å². The number of anilines is 1. The average molecular weight is 471 g/mol. The molecule has 3 aromatic rings. The van der Waals surface area contributed by atoms with Crippen molar-refractivity contribution in [2.24, 2.45) is 0 Å². The lowest BCUT2D eigenvalue weighted by atomic mass is 10.1. The second-order valence-corrected chi connectivity index (χ2v) is 7.92. The SMILES string of the molecule is C[C@@H](Sc1nc(-c2ccccc2)cc(C(F)(F)F)n1)C(=O)Nc1cccc(C(F)(F)F)c1. The van der Waals surface area contributed by atoms with Crippen LogP contribution in [0.4, 0.5) is 32.0 Å². The normalized spacial score (nSPS) is 13.0. The maximum Gasteiger partial charge on any atom is 0.433 e. The highest BCUT2D eigenvalue weighted by atomic mass is 32.2. The zero-order chi connectivity index (χ0) is 23.5. The lowest BCUT2D eigenvalue weighted by Gasteiger charge is -2.14. The Hall–Kier alpha value is -3.08. The molecule has 0 radical (unpaired) electrons. The molecular formula is C21H15F6N3OS. The molecule has 0 aliphatic rings. The summed E-state index contributed by atoms with van der Waals surface area (Å²) in [5.41, 5.74) is -1.74. The van der Waals surface area contributed by atoms with Crippen LogP contribution in [0.25, 0.3) is 11.3 Å². The number of nitrogens with one attached hydrogen (secondary N) is 1. The number of carbonyl (C=O) groups excluding carboxylic acids is 1. The van der Waals surface area contributed by atoms with Crippen LogP contribution in [0.2, 0.25) is 0 Å². The van der Waals surface area contributed by atoms with Gasteiger partial charge < -0.3 is 5.32 Å². The van der Waals surface area contributed by atoms with E-state index in [1.54, 1.807) is 30.3 Å². The number of benzene rings is 2. The van der Waals surface area contributed by atoms with Crippen LogP contribution in [0.1, 0.15) is 18.2 Å². The molecule has 4 nitrogen and oxygen atoms in total. The molecule has 0 saturated heterocycles. The molecule has 0 bridgehead atoms. The van der Waals surface area contributed by atoms with E-state index < -0.39 is 34.8 Å². The molecule has 0 aliphatic carbocycles. The first-order valence-corrected chi connectivity index (χ1v) is 9.98. The van der Waals surface area contributed by atoms with Gasteiger partial charge in [-0.1, -0.05) is 48.2 Å². The third-order valence-electron chi connectivity index (χ3n) is 4.17. The van der Waals surface area contributed by atoms with Gasteiger partial charge in [-0.3, -0.25) is 4.79 Å². The molecule has 32 heavy (non-hydrogen) atoms. The minimum absolute atomic E-state index is 0.0286. The van der Waals surface area contributed by atoms with Crippen molar-refractivity contribution in [1.82, 2.24) is 9.97 Å². The summed E-state index contributed by atoms with van der Waals surface area (Å²) in [6.07, 6.45) is -9.31. The van der Waals surface area contributed by atoms with Crippen LogP contribution in [0.3, 0.4) is 0 Å². The fraction of sp³-hybridized carbons (Fsp3) is 0.190. The number of nitrogens with zero attached hydrogens (tertiary/aromatic N) is 2. The van der Waals surface area contributed by atoms with Crippen molar-refractivity contribution in [3.05, 3.63) is 71.9 Å². The van der Waals surface area contributed by atoms with E-state index in [9.17, 15) is 31.1 Å². The Morgan fingerprint density at radius 3 is 2.22 bits per heavy atom. The van der Waals surface area contributed by atoms with Crippen molar-refractivity contribution < 1.29 is 31.1 Å². The number of rotatable bonds is 5. The van der Waals surface area contributed by atoms with Gasteiger partial charge in [-0.05, 0) is 31.2 Å². The molecule has 1 amide bonds. The van der Waals surface area contributed by atoms with E-state index in [1.165, 1.54) is 13.0 Å². The zero-order valence-electron chi connectivity index (χ0n) is 16.3. The van der Waals surface area contributed by atoms with Gasteiger partial charge in [-0.2, -0.15) is 26.3 Å². The maximum absolute atomic E-state index is 13.3. The number of hydrogen-bond donors (Lipinski definition) is 1. The second-order valence-electron chi connectivity index (χ2n) is 6.61. The van der Waals surface area contributed by atoms with Gasteiger partial charge in [0, 0.05) is 11.3 Å². The number of aromatic nitrogens is 2. The first-order valence-electron chi connectivity index (χ1n) is 9.10. The minimum Gasteiger partial charge on any atom is -0.325 e. The van der Waals surface area contributed by atoms with Crippen LogP contribution in [0, 0.1) is 0 Å². The molecule has 168 valence electrons. The van der Waals surface area contributed by atoms with Gasteiger partial charge >= 0.3 is 12.4 Å². The monoisotopic (exact) mass is 471 g/mol. The summed E-state index contributed by atoms with van der Waals surface area (Å²) in [5, 5.41) is 1.05. The van der Waals surface area contributed by atoms with E-state index in [0.717, 1.165) is 24.3 Å². The Morgan fingerprint density at radius 2 is 1.59 bits per heavy atom. The van der Waals surface area contributed by atoms with Crippen molar-refractivity contribution in [3.63, 3.8) is 0 Å².